The van der Waals surface area contributed by atoms with Crippen LogP contribution < -0.4 is 5.32 Å². The zero-order valence-corrected chi connectivity index (χ0v) is 13.2. The quantitative estimate of drug-likeness (QED) is 0.815. The number of amides is 1. The molecule has 0 bridgehead atoms. The lowest BCUT2D eigenvalue weighted by Gasteiger charge is -2.15. The van der Waals surface area contributed by atoms with E-state index in [1.54, 1.807) is 6.92 Å². The first-order valence-corrected chi connectivity index (χ1v) is 8.50. The molecular weight excluding hydrogens is 302 g/mol. The molecule has 0 aliphatic rings. The molecule has 0 radical (unpaired) electrons. The summed E-state index contributed by atoms with van der Waals surface area (Å²) in [6.07, 6.45) is 0. The van der Waals surface area contributed by atoms with Gasteiger partial charge in [-0.25, -0.2) is 8.42 Å². The average molecular weight is 320 g/mol. The largest absolute Gasteiger partial charge is 0.380 e. The van der Waals surface area contributed by atoms with Gasteiger partial charge in [-0.05, 0) is 44.5 Å². The maximum absolute atomic E-state index is 12.1. The highest BCUT2D eigenvalue weighted by molar-refractivity contribution is 8.13. The minimum Gasteiger partial charge on any atom is -0.380 e. The molecule has 7 heteroatoms. The molecule has 1 unspecified atom stereocenters. The number of rotatable bonds is 6. The van der Waals surface area contributed by atoms with Gasteiger partial charge in [0, 0.05) is 28.9 Å². The fraction of sp³-hybridized carbons (Fsp3) is 0.462. The molecule has 1 aromatic carbocycles. The van der Waals surface area contributed by atoms with E-state index >= 15 is 0 Å². The van der Waals surface area contributed by atoms with Gasteiger partial charge in [0.15, 0.2) is 0 Å². The third-order valence-electron chi connectivity index (χ3n) is 2.67. The summed E-state index contributed by atoms with van der Waals surface area (Å²) in [5.41, 5.74) is 0.963. The summed E-state index contributed by atoms with van der Waals surface area (Å²) in [6, 6.07) is 4.02. The van der Waals surface area contributed by atoms with Crippen molar-refractivity contribution >= 4 is 25.6 Å². The highest BCUT2D eigenvalue weighted by Crippen LogP contribution is 2.19. The summed E-state index contributed by atoms with van der Waals surface area (Å²) in [4.78, 5) is 12.0. The van der Waals surface area contributed by atoms with Gasteiger partial charge in [0.05, 0.1) is 11.5 Å². The second-order valence-electron chi connectivity index (χ2n) is 4.45. The van der Waals surface area contributed by atoms with Gasteiger partial charge in [0.1, 0.15) is 0 Å². The normalized spacial score (nSPS) is 13.0. The molecule has 0 saturated heterocycles. The van der Waals surface area contributed by atoms with Gasteiger partial charge in [-0.3, -0.25) is 4.79 Å². The zero-order valence-electron chi connectivity index (χ0n) is 11.6. The number of aryl methyl sites for hydroxylation is 1. The number of ether oxygens (including phenoxy) is 1. The minimum atomic E-state index is -3.78. The monoisotopic (exact) mass is 319 g/mol. The lowest BCUT2D eigenvalue weighted by Crippen LogP contribution is -2.36. The maximum atomic E-state index is 12.1. The smallest absolute Gasteiger partial charge is 0.261 e. The number of carbonyl (C=O) groups is 1. The van der Waals surface area contributed by atoms with Crippen molar-refractivity contribution in [1.29, 1.82) is 0 Å². The molecule has 5 nitrogen and oxygen atoms in total. The van der Waals surface area contributed by atoms with Crippen molar-refractivity contribution in [3.05, 3.63) is 29.3 Å². The number of nitrogens with one attached hydrogen (secondary N) is 1. The Kier molecular flexibility index (Phi) is 5.98. The van der Waals surface area contributed by atoms with Crippen LogP contribution in [0.5, 0.6) is 0 Å². The first-order chi connectivity index (χ1) is 9.25. The van der Waals surface area contributed by atoms with Crippen molar-refractivity contribution in [2.24, 2.45) is 0 Å². The third-order valence-corrected chi connectivity index (χ3v) is 4.03. The van der Waals surface area contributed by atoms with Crippen LogP contribution in [0, 0.1) is 6.92 Å². The van der Waals surface area contributed by atoms with Crippen LogP contribution >= 0.6 is 10.7 Å². The van der Waals surface area contributed by atoms with Crippen LogP contribution in [-0.2, 0) is 13.8 Å². The van der Waals surface area contributed by atoms with E-state index < -0.39 is 9.05 Å². The topological polar surface area (TPSA) is 72.5 Å². The molecule has 0 aliphatic carbocycles. The summed E-state index contributed by atoms with van der Waals surface area (Å²) in [7, 11) is 1.48. The summed E-state index contributed by atoms with van der Waals surface area (Å²) in [5.74, 6) is -0.270. The molecule has 1 aromatic rings. The number of hydrogen-bond donors (Lipinski definition) is 1. The van der Waals surface area contributed by atoms with Crippen LogP contribution in [0.25, 0.3) is 0 Å². The van der Waals surface area contributed by atoms with Crippen LogP contribution in [0.1, 0.15) is 29.8 Å². The van der Waals surface area contributed by atoms with Gasteiger partial charge in [0.2, 0.25) is 0 Å². The van der Waals surface area contributed by atoms with Gasteiger partial charge in [-0.2, -0.15) is 0 Å². The van der Waals surface area contributed by atoms with Crippen molar-refractivity contribution < 1.29 is 17.9 Å². The Morgan fingerprint density at radius 1 is 1.45 bits per heavy atom. The van der Waals surface area contributed by atoms with Crippen molar-refractivity contribution in [2.45, 2.75) is 31.7 Å². The van der Waals surface area contributed by atoms with Crippen LogP contribution in [0.2, 0.25) is 0 Å². The van der Waals surface area contributed by atoms with E-state index in [9.17, 15) is 13.2 Å². The van der Waals surface area contributed by atoms with Crippen LogP contribution in [0.15, 0.2) is 23.1 Å². The first kappa shape index (κ1) is 16.9. The van der Waals surface area contributed by atoms with Gasteiger partial charge in [-0.15, -0.1) is 0 Å². The van der Waals surface area contributed by atoms with Crippen LogP contribution in [0.4, 0.5) is 0 Å². The fourth-order valence-electron chi connectivity index (χ4n) is 1.68. The molecule has 112 valence electrons. The van der Waals surface area contributed by atoms with Crippen LogP contribution in [0.3, 0.4) is 0 Å². The molecule has 0 heterocycles. The Hall–Kier alpha value is -1.11. The third kappa shape index (κ3) is 4.77. The van der Waals surface area contributed by atoms with E-state index in [0.717, 1.165) is 0 Å². The van der Waals surface area contributed by atoms with Gasteiger partial charge in [0.25, 0.3) is 15.0 Å². The van der Waals surface area contributed by atoms with Gasteiger partial charge >= 0.3 is 0 Å². The molecule has 0 saturated carbocycles. The van der Waals surface area contributed by atoms with Crippen molar-refractivity contribution in [1.82, 2.24) is 5.32 Å². The molecule has 20 heavy (non-hydrogen) atoms. The zero-order chi connectivity index (χ0) is 15.3. The van der Waals surface area contributed by atoms with Gasteiger partial charge < -0.3 is 10.1 Å². The molecule has 1 N–H and O–H groups in total. The summed E-state index contributed by atoms with van der Waals surface area (Å²) >= 11 is 0. The lowest BCUT2D eigenvalue weighted by molar-refractivity contribution is 0.0871. The van der Waals surface area contributed by atoms with E-state index in [4.69, 9.17) is 15.4 Å². The number of carbonyl (C=O) groups excluding carboxylic acids is 1. The molecule has 0 spiro atoms. The molecule has 1 rings (SSSR count). The Bertz CT molecular complexity index is 586. The molecule has 0 aliphatic heterocycles. The first-order valence-electron chi connectivity index (χ1n) is 6.19. The van der Waals surface area contributed by atoms with Gasteiger partial charge in [-0.1, -0.05) is 0 Å². The highest BCUT2D eigenvalue weighted by atomic mass is 35.7. The molecular formula is C13H18ClNO4S. The van der Waals surface area contributed by atoms with E-state index in [1.807, 2.05) is 13.8 Å². The molecule has 1 atom stereocenters. The average Bonchev–Trinajstić information content (AvgIpc) is 2.34. The van der Waals surface area contributed by atoms with Crippen molar-refractivity contribution in [2.75, 3.05) is 13.2 Å². The van der Waals surface area contributed by atoms with E-state index in [0.29, 0.717) is 24.3 Å². The summed E-state index contributed by atoms with van der Waals surface area (Å²) < 4.78 is 27.6. The number of benzene rings is 1. The predicted octanol–water partition coefficient (Wildman–Crippen LogP) is 2.08. The fourth-order valence-corrected chi connectivity index (χ4v) is 2.52. The maximum Gasteiger partial charge on any atom is 0.261 e. The minimum absolute atomic E-state index is 0.0180. The van der Waals surface area contributed by atoms with E-state index in [2.05, 4.69) is 5.32 Å². The Balaban J connectivity index is 2.84. The molecule has 1 amide bonds. The van der Waals surface area contributed by atoms with E-state index in [-0.39, 0.29) is 16.8 Å². The number of halogens is 1. The predicted molar refractivity (Wildman–Crippen MR) is 77.6 cm³/mol. The summed E-state index contributed by atoms with van der Waals surface area (Å²) in [6.45, 7) is 6.38. The van der Waals surface area contributed by atoms with Crippen molar-refractivity contribution in [3.63, 3.8) is 0 Å². The second kappa shape index (κ2) is 7.06. The SMILES string of the molecule is CCOCC(C)NC(=O)c1ccc(S(=O)(=O)Cl)cc1C. The molecule has 0 fully saturated rings. The van der Waals surface area contributed by atoms with Crippen molar-refractivity contribution in [3.8, 4) is 0 Å². The Morgan fingerprint density at radius 2 is 2.10 bits per heavy atom. The Morgan fingerprint density at radius 3 is 2.60 bits per heavy atom. The van der Waals surface area contributed by atoms with E-state index in [1.165, 1.54) is 18.2 Å². The molecule has 0 aromatic heterocycles. The standard InChI is InChI=1S/C13H18ClNO4S/c1-4-19-8-10(3)15-13(16)12-6-5-11(7-9(12)2)20(14,17)18/h5-7,10H,4,8H2,1-3H3,(H,15,16). The Labute approximate surface area is 123 Å². The lowest BCUT2D eigenvalue weighted by atomic mass is 10.1. The highest BCUT2D eigenvalue weighted by Gasteiger charge is 2.16. The van der Waals surface area contributed by atoms with Crippen LogP contribution in [-0.4, -0.2) is 33.6 Å². The second-order valence-corrected chi connectivity index (χ2v) is 7.01. The number of hydrogen-bond acceptors (Lipinski definition) is 4. The summed E-state index contributed by atoms with van der Waals surface area (Å²) in [5, 5.41) is 2.78.